The summed E-state index contributed by atoms with van der Waals surface area (Å²) in [5.41, 5.74) is 3.46. The molecule has 0 bridgehead atoms. The average Bonchev–Trinajstić information content (AvgIpc) is 2.99. The Labute approximate surface area is 130 Å². The molecule has 3 aromatic heterocycles. The minimum Gasteiger partial charge on any atom is -0.292 e. The first-order valence-electron chi connectivity index (χ1n) is 6.76. The molecule has 0 radical (unpaired) electrons. The van der Waals surface area contributed by atoms with Crippen LogP contribution in [0.4, 0.5) is 0 Å². The Hall–Kier alpha value is -2.66. The molecule has 0 atom stereocenters. The lowest BCUT2D eigenvalue weighted by molar-refractivity contribution is 0.998. The lowest BCUT2D eigenvalue weighted by Crippen LogP contribution is -2.22. The number of fused-ring (bicyclic) bond motifs is 3. The highest BCUT2D eigenvalue weighted by atomic mass is 35.5. The smallest absolute Gasteiger partial charge is 0.292 e. The summed E-state index contributed by atoms with van der Waals surface area (Å²) < 4.78 is 3.37. The van der Waals surface area contributed by atoms with Crippen LogP contribution in [0.1, 0.15) is 5.56 Å². The standard InChI is InChI=1S/C16H11ClN4O/c1-10-4-2-3-5-11(10)21-12-8-14(17)19-9-13(12)20-7-6-18-15(20)16(21)22/h2-9H,1H3. The van der Waals surface area contributed by atoms with Crippen LogP contribution in [0.3, 0.4) is 0 Å². The Morgan fingerprint density at radius 3 is 2.77 bits per heavy atom. The molecule has 0 unspecified atom stereocenters. The molecule has 0 N–H and O–H groups in total. The first kappa shape index (κ1) is 13.0. The molecule has 4 aromatic rings. The number of halogens is 1. The SMILES string of the molecule is Cc1ccccc1-n1c(=O)c2nccn2c2cnc(Cl)cc21. The molecule has 22 heavy (non-hydrogen) atoms. The second-order valence-electron chi connectivity index (χ2n) is 5.04. The van der Waals surface area contributed by atoms with Crippen molar-refractivity contribution in [3.8, 4) is 5.69 Å². The van der Waals surface area contributed by atoms with Gasteiger partial charge in [-0.15, -0.1) is 0 Å². The molecule has 1 aromatic carbocycles. The number of aryl methyl sites for hydroxylation is 1. The van der Waals surface area contributed by atoms with Gasteiger partial charge in [-0.05, 0) is 18.6 Å². The van der Waals surface area contributed by atoms with Gasteiger partial charge in [0.25, 0.3) is 5.56 Å². The molecular formula is C16H11ClN4O. The van der Waals surface area contributed by atoms with Gasteiger partial charge in [0.2, 0.25) is 5.65 Å². The minimum atomic E-state index is -0.186. The van der Waals surface area contributed by atoms with Gasteiger partial charge >= 0.3 is 0 Å². The van der Waals surface area contributed by atoms with Crippen molar-refractivity contribution in [2.45, 2.75) is 6.92 Å². The van der Waals surface area contributed by atoms with Gasteiger partial charge in [0.05, 0.1) is 22.9 Å². The summed E-state index contributed by atoms with van der Waals surface area (Å²) in [6, 6.07) is 9.41. The zero-order valence-corrected chi connectivity index (χ0v) is 12.4. The highest BCUT2D eigenvalue weighted by molar-refractivity contribution is 6.30. The summed E-state index contributed by atoms with van der Waals surface area (Å²) in [5.74, 6) is 0. The van der Waals surface area contributed by atoms with Crippen molar-refractivity contribution in [1.82, 2.24) is 18.9 Å². The molecule has 108 valence electrons. The Kier molecular flexibility index (Phi) is 2.77. The van der Waals surface area contributed by atoms with Gasteiger partial charge in [-0.3, -0.25) is 13.8 Å². The number of nitrogens with zero attached hydrogens (tertiary/aromatic N) is 4. The number of imidazole rings is 1. The molecular weight excluding hydrogens is 300 g/mol. The number of pyridine rings is 1. The summed E-state index contributed by atoms with van der Waals surface area (Å²) in [6.45, 7) is 1.96. The Bertz CT molecular complexity index is 1080. The molecule has 0 aliphatic carbocycles. The van der Waals surface area contributed by atoms with Crippen LogP contribution < -0.4 is 5.56 Å². The number of rotatable bonds is 1. The number of hydrogen-bond acceptors (Lipinski definition) is 3. The molecule has 5 nitrogen and oxygen atoms in total. The zero-order chi connectivity index (χ0) is 15.3. The van der Waals surface area contributed by atoms with Crippen molar-refractivity contribution in [3.05, 3.63) is 70.0 Å². The summed E-state index contributed by atoms with van der Waals surface area (Å²) in [6.07, 6.45) is 5.00. The fourth-order valence-electron chi connectivity index (χ4n) is 2.70. The highest BCUT2D eigenvalue weighted by Crippen LogP contribution is 2.21. The predicted molar refractivity (Wildman–Crippen MR) is 85.8 cm³/mol. The number of aromatic nitrogens is 4. The van der Waals surface area contributed by atoms with E-state index in [4.69, 9.17) is 11.6 Å². The van der Waals surface area contributed by atoms with Crippen molar-refractivity contribution >= 4 is 28.3 Å². The molecule has 0 spiro atoms. The van der Waals surface area contributed by atoms with Gasteiger partial charge in [0.15, 0.2) is 0 Å². The van der Waals surface area contributed by atoms with Crippen LogP contribution in [0.2, 0.25) is 5.15 Å². The maximum Gasteiger partial charge on any atom is 0.299 e. The average molecular weight is 311 g/mol. The highest BCUT2D eigenvalue weighted by Gasteiger charge is 2.14. The van der Waals surface area contributed by atoms with E-state index in [0.29, 0.717) is 16.3 Å². The van der Waals surface area contributed by atoms with E-state index in [1.165, 1.54) is 0 Å². The fraction of sp³-hybridized carbons (Fsp3) is 0.0625. The Balaban J connectivity index is 2.29. The third-order valence-corrected chi connectivity index (χ3v) is 3.93. The third kappa shape index (κ3) is 1.76. The summed E-state index contributed by atoms with van der Waals surface area (Å²) >= 11 is 6.04. The molecule has 0 saturated heterocycles. The van der Waals surface area contributed by atoms with Gasteiger partial charge in [-0.25, -0.2) is 9.97 Å². The third-order valence-electron chi connectivity index (χ3n) is 3.72. The van der Waals surface area contributed by atoms with E-state index >= 15 is 0 Å². The fourth-order valence-corrected chi connectivity index (χ4v) is 2.85. The molecule has 0 aliphatic heterocycles. The van der Waals surface area contributed by atoms with Crippen LogP contribution in [0.25, 0.3) is 22.4 Å². The van der Waals surface area contributed by atoms with E-state index in [1.807, 2.05) is 31.2 Å². The van der Waals surface area contributed by atoms with Gasteiger partial charge in [-0.2, -0.15) is 0 Å². The van der Waals surface area contributed by atoms with Crippen molar-refractivity contribution in [2.75, 3.05) is 0 Å². The van der Waals surface area contributed by atoms with Gasteiger partial charge in [0.1, 0.15) is 5.15 Å². The Morgan fingerprint density at radius 1 is 1.14 bits per heavy atom. The predicted octanol–water partition coefficient (Wildman–Crippen LogP) is 3.00. The van der Waals surface area contributed by atoms with Gasteiger partial charge < -0.3 is 0 Å². The topological polar surface area (TPSA) is 52.2 Å². The van der Waals surface area contributed by atoms with Crippen molar-refractivity contribution < 1.29 is 0 Å². The summed E-state index contributed by atoms with van der Waals surface area (Å²) in [5, 5.41) is 0.341. The van der Waals surface area contributed by atoms with Crippen molar-refractivity contribution in [3.63, 3.8) is 0 Å². The zero-order valence-electron chi connectivity index (χ0n) is 11.7. The normalized spacial score (nSPS) is 11.4. The maximum atomic E-state index is 12.9. The quantitative estimate of drug-likeness (QED) is 0.508. The lowest BCUT2D eigenvalue weighted by atomic mass is 10.2. The number of hydrogen-bond donors (Lipinski definition) is 0. The second-order valence-corrected chi connectivity index (χ2v) is 5.43. The van der Waals surface area contributed by atoms with E-state index < -0.39 is 0 Å². The van der Waals surface area contributed by atoms with Crippen LogP contribution in [0.15, 0.2) is 53.7 Å². The Morgan fingerprint density at radius 2 is 1.95 bits per heavy atom. The minimum absolute atomic E-state index is 0.186. The first-order chi connectivity index (χ1) is 10.7. The molecule has 0 aliphatic rings. The number of para-hydroxylation sites is 1. The summed E-state index contributed by atoms with van der Waals surface area (Å²) in [4.78, 5) is 21.2. The largest absolute Gasteiger partial charge is 0.299 e. The van der Waals surface area contributed by atoms with Crippen molar-refractivity contribution in [1.29, 1.82) is 0 Å². The van der Waals surface area contributed by atoms with Crippen LogP contribution in [0, 0.1) is 6.92 Å². The van der Waals surface area contributed by atoms with Crippen LogP contribution >= 0.6 is 11.6 Å². The monoisotopic (exact) mass is 310 g/mol. The molecule has 0 fully saturated rings. The van der Waals surface area contributed by atoms with Crippen molar-refractivity contribution in [2.24, 2.45) is 0 Å². The molecule has 0 amide bonds. The van der Waals surface area contributed by atoms with E-state index in [2.05, 4.69) is 9.97 Å². The second kappa shape index (κ2) is 4.68. The van der Waals surface area contributed by atoms with E-state index in [-0.39, 0.29) is 5.56 Å². The van der Waals surface area contributed by atoms with E-state index in [9.17, 15) is 4.79 Å². The first-order valence-corrected chi connectivity index (χ1v) is 7.14. The lowest BCUT2D eigenvalue weighted by Gasteiger charge is -2.14. The molecule has 4 rings (SSSR count). The van der Waals surface area contributed by atoms with Gasteiger partial charge in [-0.1, -0.05) is 29.8 Å². The summed E-state index contributed by atoms with van der Waals surface area (Å²) in [7, 11) is 0. The van der Waals surface area contributed by atoms with E-state index in [0.717, 1.165) is 16.8 Å². The molecule has 3 heterocycles. The molecule has 6 heteroatoms. The van der Waals surface area contributed by atoms with Crippen LogP contribution in [-0.4, -0.2) is 18.9 Å². The van der Waals surface area contributed by atoms with Crippen LogP contribution in [-0.2, 0) is 0 Å². The molecule has 0 saturated carbocycles. The van der Waals surface area contributed by atoms with Gasteiger partial charge in [0, 0.05) is 18.5 Å². The van der Waals surface area contributed by atoms with Crippen LogP contribution in [0.5, 0.6) is 0 Å². The number of benzene rings is 1. The maximum absolute atomic E-state index is 12.9. The van der Waals surface area contributed by atoms with E-state index in [1.54, 1.807) is 33.6 Å².